The number of fused-ring (bicyclic) bond motifs is 6. The van der Waals surface area contributed by atoms with Gasteiger partial charge in [-0.25, -0.2) is 0 Å². The Hall–Kier alpha value is -4.41. The molecule has 4 aromatic heterocycles. The number of rotatable bonds is 4. The van der Waals surface area contributed by atoms with Gasteiger partial charge in [-0.1, -0.05) is 47.2 Å². The molecule has 0 N–H and O–H groups in total. The van der Waals surface area contributed by atoms with Crippen LogP contribution in [0.4, 0.5) is 0 Å². The van der Waals surface area contributed by atoms with E-state index in [1.807, 2.05) is 62.6 Å². The Morgan fingerprint density at radius 3 is 1.50 bits per heavy atom. The zero-order valence-corrected chi connectivity index (χ0v) is 25.8. The number of hydrogen-bond acceptors (Lipinski definition) is 4. The first-order valence-corrected chi connectivity index (χ1v) is 13.6. The van der Waals surface area contributed by atoms with Gasteiger partial charge in [-0.3, -0.25) is 9.97 Å². The van der Waals surface area contributed by atoms with E-state index in [-0.39, 0.29) is 21.1 Å². The summed E-state index contributed by atoms with van der Waals surface area (Å²) in [5, 5.41) is 4.31. The number of para-hydroxylation sites is 2. The van der Waals surface area contributed by atoms with Crippen molar-refractivity contribution in [1.29, 1.82) is 0 Å². The van der Waals surface area contributed by atoms with Gasteiger partial charge in [0.05, 0.1) is 16.6 Å². The molecule has 0 saturated carbocycles. The number of aromatic nitrogens is 4. The van der Waals surface area contributed by atoms with Crippen LogP contribution < -0.4 is 0 Å². The minimum atomic E-state index is -0.473. The molecule has 0 spiro atoms. The zero-order chi connectivity index (χ0) is 27.9. The molecule has 8 rings (SSSR count). The monoisotopic (exact) mass is 729 g/mol. The van der Waals surface area contributed by atoms with E-state index in [1.54, 1.807) is 0 Å². The van der Waals surface area contributed by atoms with Gasteiger partial charge in [0.1, 0.15) is 22.8 Å². The fraction of sp³-hybridized carbons (Fsp3) is 0.143. The van der Waals surface area contributed by atoms with Crippen molar-refractivity contribution in [2.75, 3.05) is 0 Å². The van der Waals surface area contributed by atoms with Crippen LogP contribution in [0.1, 0.15) is 25.5 Å². The topological polar surface area (TPSA) is 61.9 Å². The van der Waals surface area contributed by atoms with Crippen LogP contribution in [0.5, 0.6) is 0 Å². The van der Waals surface area contributed by atoms with E-state index < -0.39 is 5.41 Å². The summed E-state index contributed by atoms with van der Waals surface area (Å²) in [7, 11) is 4.07. The summed E-state index contributed by atoms with van der Waals surface area (Å²) in [4.78, 5) is 10.2. The minimum absolute atomic E-state index is 0. The largest absolute Gasteiger partial charge is 2.00 e. The average molecular weight is 730 g/mol. The van der Waals surface area contributed by atoms with Crippen molar-refractivity contribution >= 4 is 43.9 Å². The van der Waals surface area contributed by atoms with E-state index in [0.717, 1.165) is 78.0 Å². The van der Waals surface area contributed by atoms with Crippen LogP contribution in [0.2, 0.25) is 0 Å². The summed E-state index contributed by atoms with van der Waals surface area (Å²) < 4.78 is 16.2. The Labute approximate surface area is 256 Å². The standard InChI is InChI=1S/C35H26N4O2.Pt/c1-35(2,33-36-27(19-38(33)3)21-13-15-31-25(17-21)23-9-5-7-11-29(23)40-31)34-37-28(20-39(34)4)22-14-16-32-26(18-22)24-10-6-8-12-30(24)41-32;/h5-12,15-20H,1-4H3;/q-2;+2. The van der Waals surface area contributed by atoms with Crippen LogP contribution in [0.25, 0.3) is 66.4 Å². The van der Waals surface area contributed by atoms with E-state index in [9.17, 15) is 0 Å². The van der Waals surface area contributed by atoms with Crippen molar-refractivity contribution in [3.8, 4) is 22.5 Å². The van der Waals surface area contributed by atoms with Crippen LogP contribution >= 0.6 is 0 Å². The van der Waals surface area contributed by atoms with E-state index in [4.69, 9.17) is 18.8 Å². The summed E-state index contributed by atoms with van der Waals surface area (Å²) in [6, 6.07) is 31.0. The van der Waals surface area contributed by atoms with Crippen molar-refractivity contribution in [1.82, 2.24) is 19.1 Å². The van der Waals surface area contributed by atoms with Gasteiger partial charge in [0.15, 0.2) is 0 Å². The van der Waals surface area contributed by atoms with Crippen molar-refractivity contribution < 1.29 is 29.9 Å². The third-order valence-corrected chi connectivity index (χ3v) is 8.04. The van der Waals surface area contributed by atoms with E-state index in [1.165, 1.54) is 0 Å². The van der Waals surface area contributed by atoms with Gasteiger partial charge < -0.3 is 18.0 Å². The van der Waals surface area contributed by atoms with Crippen LogP contribution in [-0.4, -0.2) is 19.1 Å². The molecular weight excluding hydrogens is 703 g/mol. The molecule has 0 aliphatic rings. The van der Waals surface area contributed by atoms with Gasteiger partial charge in [-0.15, -0.1) is 47.5 Å². The molecular formula is C35H26N4O2Pt. The van der Waals surface area contributed by atoms with Gasteiger partial charge in [-0.2, -0.15) is 0 Å². The van der Waals surface area contributed by atoms with Gasteiger partial charge in [0, 0.05) is 36.3 Å². The smallest absolute Gasteiger partial charge is 0.500 e. The summed E-state index contributed by atoms with van der Waals surface area (Å²) in [5.74, 6) is 1.83. The van der Waals surface area contributed by atoms with Crippen LogP contribution in [0.3, 0.4) is 0 Å². The maximum Gasteiger partial charge on any atom is 2.00 e. The second-order valence-electron chi connectivity index (χ2n) is 11.2. The Balaban J connectivity index is 0.00000288. The molecule has 6 nitrogen and oxygen atoms in total. The molecule has 0 amide bonds. The first-order valence-electron chi connectivity index (χ1n) is 13.6. The normalized spacial score (nSPS) is 12.1. The molecule has 0 unspecified atom stereocenters. The quantitative estimate of drug-likeness (QED) is 0.172. The predicted octanol–water partition coefficient (Wildman–Crippen LogP) is 8.21. The Morgan fingerprint density at radius 2 is 1.05 bits per heavy atom. The van der Waals surface area contributed by atoms with Crippen LogP contribution in [-0.2, 0) is 40.6 Å². The van der Waals surface area contributed by atoms with Crippen molar-refractivity contribution in [3.05, 3.63) is 109 Å². The van der Waals surface area contributed by atoms with Crippen molar-refractivity contribution in [3.63, 3.8) is 0 Å². The maximum atomic E-state index is 6.00. The number of hydrogen-bond donors (Lipinski definition) is 0. The van der Waals surface area contributed by atoms with Crippen molar-refractivity contribution in [2.24, 2.45) is 14.1 Å². The molecule has 4 heterocycles. The van der Waals surface area contributed by atoms with Gasteiger partial charge in [0.25, 0.3) is 0 Å². The van der Waals surface area contributed by atoms with Gasteiger partial charge in [-0.05, 0) is 38.4 Å². The molecule has 0 aliphatic heterocycles. The Morgan fingerprint density at radius 1 is 0.619 bits per heavy atom. The number of nitrogens with zero attached hydrogens (tertiary/aromatic N) is 4. The third kappa shape index (κ3) is 3.97. The summed E-state index contributed by atoms with van der Waals surface area (Å²) in [6.07, 6.45) is 4.12. The average Bonchev–Trinajstić information content (AvgIpc) is 3.75. The van der Waals surface area contributed by atoms with Gasteiger partial charge in [0.2, 0.25) is 0 Å². The second kappa shape index (κ2) is 9.57. The summed E-state index contributed by atoms with van der Waals surface area (Å²) in [6.45, 7) is 4.33. The van der Waals surface area contributed by atoms with Crippen LogP contribution in [0, 0.1) is 12.1 Å². The summed E-state index contributed by atoms with van der Waals surface area (Å²) >= 11 is 0. The summed E-state index contributed by atoms with van der Waals surface area (Å²) in [5.41, 5.74) is 6.51. The second-order valence-corrected chi connectivity index (χ2v) is 11.2. The number of furan rings is 2. The fourth-order valence-electron chi connectivity index (χ4n) is 6.09. The molecule has 0 aliphatic carbocycles. The molecule has 7 heteroatoms. The number of benzene rings is 4. The molecule has 4 aromatic carbocycles. The predicted molar refractivity (Wildman–Crippen MR) is 162 cm³/mol. The molecule has 0 atom stereocenters. The first-order chi connectivity index (χ1) is 19.9. The molecule has 8 aromatic rings. The molecule has 0 saturated heterocycles. The first kappa shape index (κ1) is 26.5. The number of imidazole rings is 2. The van der Waals surface area contributed by atoms with Crippen LogP contribution in [0.15, 0.2) is 94.0 Å². The molecule has 208 valence electrons. The van der Waals surface area contributed by atoms with Gasteiger partial charge >= 0.3 is 21.1 Å². The SMILES string of the molecule is Cn1cc(-c2[c-]cc3oc4ccccc4c3c2)nc1C(C)(C)c1nc(-c2[c-]cc3oc4ccccc4c3c2)cn1C.[Pt+2]. The zero-order valence-electron chi connectivity index (χ0n) is 23.5. The molecule has 0 bridgehead atoms. The fourth-order valence-corrected chi connectivity index (χ4v) is 6.09. The number of aryl methyl sites for hydroxylation is 2. The maximum absolute atomic E-state index is 6.00. The molecule has 42 heavy (non-hydrogen) atoms. The van der Waals surface area contributed by atoms with E-state index >= 15 is 0 Å². The Bertz CT molecular complexity index is 2120. The molecule has 0 fully saturated rings. The van der Waals surface area contributed by atoms with E-state index in [2.05, 4.69) is 71.8 Å². The minimum Gasteiger partial charge on any atom is -0.500 e. The Kier molecular flexibility index (Phi) is 6.03. The third-order valence-electron chi connectivity index (χ3n) is 8.04. The van der Waals surface area contributed by atoms with Crippen molar-refractivity contribution in [2.45, 2.75) is 19.3 Å². The van der Waals surface area contributed by atoms with E-state index in [0.29, 0.717) is 0 Å². The molecule has 0 radical (unpaired) electrons.